The third-order valence-corrected chi connectivity index (χ3v) is 2.45. The van der Waals surface area contributed by atoms with Crippen molar-refractivity contribution in [2.45, 2.75) is 6.54 Å². The van der Waals surface area contributed by atoms with Crippen molar-refractivity contribution in [1.29, 1.82) is 0 Å². The van der Waals surface area contributed by atoms with E-state index in [4.69, 9.17) is 0 Å². The van der Waals surface area contributed by atoms with E-state index in [9.17, 15) is 5.11 Å². The molecule has 0 saturated carbocycles. The van der Waals surface area contributed by atoms with Crippen molar-refractivity contribution in [2.24, 2.45) is 0 Å². The fraction of sp³-hybridized carbons (Fsp3) is 0.200. The maximum atomic E-state index is 9.51. The summed E-state index contributed by atoms with van der Waals surface area (Å²) in [6.07, 6.45) is 0. The summed E-state index contributed by atoms with van der Waals surface area (Å²) in [5, 5.41) is 12.6. The van der Waals surface area contributed by atoms with Gasteiger partial charge in [0.2, 0.25) is 0 Å². The molecular formula is C10H11Br2NO. The molecule has 1 aromatic carbocycles. The van der Waals surface area contributed by atoms with Crippen LogP contribution in [0.3, 0.4) is 0 Å². The van der Waals surface area contributed by atoms with Crippen LogP contribution in [0.5, 0.6) is 5.75 Å². The number of halogens is 2. The Morgan fingerprint density at radius 1 is 1.50 bits per heavy atom. The molecule has 14 heavy (non-hydrogen) atoms. The molecule has 1 rings (SSSR count). The first-order valence-corrected chi connectivity index (χ1v) is 5.69. The first-order valence-electron chi connectivity index (χ1n) is 4.11. The van der Waals surface area contributed by atoms with E-state index in [1.165, 1.54) is 0 Å². The highest BCUT2D eigenvalue weighted by Crippen LogP contribution is 2.21. The Balaban J connectivity index is 2.57. The molecule has 0 atom stereocenters. The van der Waals surface area contributed by atoms with Crippen molar-refractivity contribution in [3.05, 3.63) is 39.3 Å². The Labute approximate surface area is 100 Å². The van der Waals surface area contributed by atoms with Crippen LogP contribution < -0.4 is 5.32 Å². The van der Waals surface area contributed by atoms with Gasteiger partial charge in [-0.2, -0.15) is 0 Å². The monoisotopic (exact) mass is 319 g/mol. The van der Waals surface area contributed by atoms with Crippen molar-refractivity contribution in [3.63, 3.8) is 0 Å². The highest BCUT2D eigenvalue weighted by atomic mass is 79.9. The van der Waals surface area contributed by atoms with Gasteiger partial charge in [-0.1, -0.05) is 38.4 Å². The minimum Gasteiger partial charge on any atom is -0.508 e. The lowest BCUT2D eigenvalue weighted by Crippen LogP contribution is -2.14. The van der Waals surface area contributed by atoms with Crippen molar-refractivity contribution in [1.82, 2.24) is 5.32 Å². The quantitative estimate of drug-likeness (QED) is 0.893. The number of phenols is 1. The number of benzene rings is 1. The van der Waals surface area contributed by atoms with Crippen molar-refractivity contribution in [3.8, 4) is 5.75 Å². The third kappa shape index (κ3) is 3.82. The van der Waals surface area contributed by atoms with Gasteiger partial charge >= 0.3 is 0 Å². The maximum absolute atomic E-state index is 9.51. The number of hydrogen-bond donors (Lipinski definition) is 2. The van der Waals surface area contributed by atoms with Gasteiger partial charge in [0.05, 0.1) is 0 Å². The van der Waals surface area contributed by atoms with E-state index >= 15 is 0 Å². The van der Waals surface area contributed by atoms with Crippen molar-refractivity contribution >= 4 is 31.9 Å². The number of aromatic hydroxyl groups is 1. The van der Waals surface area contributed by atoms with Gasteiger partial charge < -0.3 is 10.4 Å². The summed E-state index contributed by atoms with van der Waals surface area (Å²) < 4.78 is 1.86. The van der Waals surface area contributed by atoms with E-state index in [0.717, 1.165) is 14.5 Å². The van der Waals surface area contributed by atoms with Gasteiger partial charge in [-0.3, -0.25) is 0 Å². The lowest BCUT2D eigenvalue weighted by atomic mass is 10.2. The zero-order valence-electron chi connectivity index (χ0n) is 7.56. The molecule has 0 saturated heterocycles. The van der Waals surface area contributed by atoms with Crippen LogP contribution in [0.25, 0.3) is 0 Å². The largest absolute Gasteiger partial charge is 0.508 e. The molecule has 0 fully saturated rings. The van der Waals surface area contributed by atoms with Crippen molar-refractivity contribution < 1.29 is 5.11 Å². The van der Waals surface area contributed by atoms with E-state index in [-0.39, 0.29) is 0 Å². The van der Waals surface area contributed by atoms with E-state index in [1.807, 2.05) is 12.1 Å². The van der Waals surface area contributed by atoms with Crippen LogP contribution in [0, 0.1) is 0 Å². The standard InChI is InChI=1S/C10H11Br2NO/c1-7(11)5-13-6-8-4-9(12)2-3-10(8)14/h2-4,13-14H,1,5-6H2. The van der Waals surface area contributed by atoms with Crippen molar-refractivity contribution in [2.75, 3.05) is 6.54 Å². The van der Waals surface area contributed by atoms with Gasteiger partial charge in [-0.25, -0.2) is 0 Å². The van der Waals surface area contributed by atoms with Crippen LogP contribution >= 0.6 is 31.9 Å². The SMILES string of the molecule is C=C(Br)CNCc1cc(Br)ccc1O. The topological polar surface area (TPSA) is 32.3 Å². The summed E-state index contributed by atoms with van der Waals surface area (Å²) in [4.78, 5) is 0. The van der Waals surface area contributed by atoms with Crippen LogP contribution in [-0.4, -0.2) is 11.7 Å². The number of nitrogens with one attached hydrogen (secondary N) is 1. The van der Waals surface area contributed by atoms with Crippen LogP contribution in [0.4, 0.5) is 0 Å². The van der Waals surface area contributed by atoms with Gasteiger partial charge in [0, 0.05) is 27.6 Å². The van der Waals surface area contributed by atoms with Gasteiger partial charge in [-0.15, -0.1) is 0 Å². The molecule has 0 amide bonds. The minimum atomic E-state index is 0.306. The molecule has 0 spiro atoms. The second kappa shape index (κ2) is 5.53. The summed E-state index contributed by atoms with van der Waals surface area (Å²) in [5.41, 5.74) is 0.869. The first-order chi connectivity index (χ1) is 6.59. The fourth-order valence-electron chi connectivity index (χ4n) is 1.03. The van der Waals surface area contributed by atoms with Gasteiger partial charge in [0.1, 0.15) is 5.75 Å². The molecule has 4 heteroatoms. The summed E-state index contributed by atoms with van der Waals surface area (Å²) in [7, 11) is 0. The zero-order valence-corrected chi connectivity index (χ0v) is 10.7. The Morgan fingerprint density at radius 2 is 2.21 bits per heavy atom. The zero-order chi connectivity index (χ0) is 10.6. The van der Waals surface area contributed by atoms with Crippen LogP contribution in [0.15, 0.2) is 33.7 Å². The molecule has 0 radical (unpaired) electrons. The predicted molar refractivity (Wildman–Crippen MR) is 65.6 cm³/mol. The maximum Gasteiger partial charge on any atom is 0.120 e. The molecule has 2 nitrogen and oxygen atoms in total. The molecule has 0 aliphatic carbocycles. The van der Waals surface area contributed by atoms with Crippen LogP contribution in [0.2, 0.25) is 0 Å². The molecule has 0 aromatic heterocycles. The normalized spacial score (nSPS) is 10.1. The average molecular weight is 321 g/mol. The molecule has 0 aliphatic heterocycles. The second-order valence-electron chi connectivity index (χ2n) is 2.89. The van der Waals surface area contributed by atoms with Gasteiger partial charge in [0.15, 0.2) is 0 Å². The number of hydrogen-bond acceptors (Lipinski definition) is 2. The molecule has 2 N–H and O–H groups in total. The molecule has 0 heterocycles. The fourth-order valence-corrected chi connectivity index (χ4v) is 1.64. The molecule has 76 valence electrons. The smallest absolute Gasteiger partial charge is 0.120 e. The summed E-state index contributed by atoms with van der Waals surface area (Å²) >= 11 is 6.60. The van der Waals surface area contributed by atoms with Crippen LogP contribution in [0.1, 0.15) is 5.56 Å². The number of rotatable bonds is 4. The van der Waals surface area contributed by atoms with Gasteiger partial charge in [0.25, 0.3) is 0 Å². The minimum absolute atomic E-state index is 0.306. The number of phenolic OH excluding ortho intramolecular Hbond substituents is 1. The molecule has 0 aliphatic rings. The van der Waals surface area contributed by atoms with E-state index in [2.05, 4.69) is 43.8 Å². The summed E-state index contributed by atoms with van der Waals surface area (Å²) in [5.74, 6) is 0.306. The average Bonchev–Trinajstić information content (AvgIpc) is 2.10. The molecule has 0 unspecified atom stereocenters. The van der Waals surface area contributed by atoms with E-state index in [0.29, 0.717) is 18.8 Å². The molecular weight excluding hydrogens is 310 g/mol. The third-order valence-electron chi connectivity index (χ3n) is 1.67. The van der Waals surface area contributed by atoms with E-state index < -0.39 is 0 Å². The first kappa shape index (κ1) is 11.8. The lowest BCUT2D eigenvalue weighted by Gasteiger charge is -2.06. The predicted octanol–water partition coefficient (Wildman–Crippen LogP) is 3.15. The van der Waals surface area contributed by atoms with E-state index in [1.54, 1.807) is 6.07 Å². The Morgan fingerprint density at radius 3 is 2.86 bits per heavy atom. The highest BCUT2D eigenvalue weighted by Gasteiger charge is 2.00. The highest BCUT2D eigenvalue weighted by molar-refractivity contribution is 9.11. The van der Waals surface area contributed by atoms with Gasteiger partial charge in [-0.05, 0) is 18.2 Å². The summed E-state index contributed by atoms with van der Waals surface area (Å²) in [6.45, 7) is 5.02. The summed E-state index contributed by atoms with van der Waals surface area (Å²) in [6, 6.07) is 5.37. The molecule has 1 aromatic rings. The Kier molecular flexibility index (Phi) is 4.65. The lowest BCUT2D eigenvalue weighted by molar-refractivity contribution is 0.465. The Hall–Kier alpha value is -0.320. The molecule has 0 bridgehead atoms. The Bertz CT molecular complexity index is 339. The van der Waals surface area contributed by atoms with Crippen LogP contribution in [-0.2, 0) is 6.54 Å². The second-order valence-corrected chi connectivity index (χ2v) is 4.93.